The average Bonchev–Trinajstić information content (AvgIpc) is 2.55. The fourth-order valence-electron chi connectivity index (χ4n) is 3.95. The molecule has 2 N–H and O–H groups in total. The van der Waals surface area contributed by atoms with Crippen LogP contribution in [0.1, 0.15) is 43.7 Å². The van der Waals surface area contributed by atoms with Gasteiger partial charge in [0.15, 0.2) is 0 Å². The summed E-state index contributed by atoms with van der Waals surface area (Å²) in [4.78, 5) is 2.64. The van der Waals surface area contributed by atoms with Crippen LogP contribution in [-0.4, -0.2) is 36.2 Å². The fraction of sp³-hybridized carbons (Fsp3) is 0.647. The fourth-order valence-corrected chi connectivity index (χ4v) is 5.17. The summed E-state index contributed by atoms with van der Waals surface area (Å²) in [5.74, 6) is 1.03. The maximum absolute atomic E-state index is 10.0. The SMILES string of the molecule is Oc1c(Br)cc([C@@H](C2CCCCC2)N2CCNCC2)cc1Br. The maximum Gasteiger partial charge on any atom is 0.143 e. The largest absolute Gasteiger partial charge is 0.506 e. The van der Waals surface area contributed by atoms with Crippen molar-refractivity contribution < 1.29 is 5.11 Å². The second-order valence-electron chi connectivity index (χ2n) is 6.46. The maximum atomic E-state index is 10.0. The van der Waals surface area contributed by atoms with Crippen LogP contribution in [0.3, 0.4) is 0 Å². The molecule has 1 saturated heterocycles. The second kappa shape index (κ2) is 7.65. The zero-order valence-corrected chi connectivity index (χ0v) is 16.0. The molecule has 1 aliphatic carbocycles. The van der Waals surface area contributed by atoms with Gasteiger partial charge < -0.3 is 10.4 Å². The molecule has 2 fully saturated rings. The molecule has 0 aromatic heterocycles. The summed E-state index contributed by atoms with van der Waals surface area (Å²) in [7, 11) is 0. The van der Waals surface area contributed by atoms with Gasteiger partial charge in [-0.2, -0.15) is 0 Å². The predicted molar refractivity (Wildman–Crippen MR) is 97.3 cm³/mol. The van der Waals surface area contributed by atoms with Gasteiger partial charge in [0, 0.05) is 32.2 Å². The molecule has 0 spiro atoms. The summed E-state index contributed by atoms with van der Waals surface area (Å²) in [5, 5.41) is 13.5. The molecule has 0 unspecified atom stereocenters. The van der Waals surface area contributed by atoms with E-state index in [1.165, 1.54) is 37.7 Å². The van der Waals surface area contributed by atoms with Gasteiger partial charge in [0.25, 0.3) is 0 Å². The van der Waals surface area contributed by atoms with Crippen LogP contribution in [0, 0.1) is 5.92 Å². The van der Waals surface area contributed by atoms with Crippen molar-refractivity contribution in [3.05, 3.63) is 26.6 Å². The number of hydrogen-bond acceptors (Lipinski definition) is 3. The van der Waals surface area contributed by atoms with Crippen LogP contribution in [0.15, 0.2) is 21.1 Å². The van der Waals surface area contributed by atoms with E-state index in [0.717, 1.165) is 41.0 Å². The zero-order chi connectivity index (χ0) is 15.5. The van der Waals surface area contributed by atoms with Crippen LogP contribution in [0.25, 0.3) is 0 Å². The van der Waals surface area contributed by atoms with E-state index >= 15 is 0 Å². The van der Waals surface area contributed by atoms with Crippen LogP contribution >= 0.6 is 31.9 Å². The molecule has 2 aliphatic rings. The van der Waals surface area contributed by atoms with Crippen LogP contribution in [-0.2, 0) is 0 Å². The smallest absolute Gasteiger partial charge is 0.143 e. The van der Waals surface area contributed by atoms with Gasteiger partial charge in [0.2, 0.25) is 0 Å². The minimum atomic E-state index is 0.298. The monoisotopic (exact) mass is 430 g/mol. The Hall–Kier alpha value is -0.100. The third-order valence-electron chi connectivity index (χ3n) is 5.02. The normalized spacial score (nSPS) is 22.6. The van der Waals surface area contributed by atoms with Gasteiger partial charge in [-0.3, -0.25) is 4.90 Å². The molecular formula is C17H24Br2N2O. The Morgan fingerprint density at radius 2 is 1.64 bits per heavy atom. The molecular weight excluding hydrogens is 408 g/mol. The predicted octanol–water partition coefficient (Wildman–Crippen LogP) is 4.44. The lowest BCUT2D eigenvalue weighted by Gasteiger charge is -2.41. The molecule has 1 aromatic carbocycles. The van der Waals surface area contributed by atoms with E-state index in [2.05, 4.69) is 54.2 Å². The number of nitrogens with one attached hydrogen (secondary N) is 1. The van der Waals surface area contributed by atoms with Crippen LogP contribution in [0.4, 0.5) is 0 Å². The molecule has 0 amide bonds. The quantitative estimate of drug-likeness (QED) is 0.742. The van der Waals surface area contributed by atoms with E-state index in [9.17, 15) is 5.11 Å². The van der Waals surface area contributed by atoms with Gasteiger partial charge in [0.05, 0.1) is 8.95 Å². The first-order valence-corrected chi connectivity index (χ1v) is 9.88. The number of nitrogens with zero attached hydrogens (tertiary/aromatic N) is 1. The second-order valence-corrected chi connectivity index (χ2v) is 8.17. The number of benzene rings is 1. The Labute approximate surface area is 149 Å². The van der Waals surface area contributed by atoms with Crippen LogP contribution < -0.4 is 5.32 Å². The van der Waals surface area contributed by atoms with Crippen molar-refractivity contribution in [2.45, 2.75) is 38.1 Å². The molecule has 1 atom stereocenters. The highest BCUT2D eigenvalue weighted by Gasteiger charge is 2.31. The number of rotatable bonds is 3. The van der Waals surface area contributed by atoms with Crippen molar-refractivity contribution in [2.75, 3.05) is 26.2 Å². The van der Waals surface area contributed by atoms with Gasteiger partial charge >= 0.3 is 0 Å². The first-order valence-electron chi connectivity index (χ1n) is 8.29. The lowest BCUT2D eigenvalue weighted by atomic mass is 9.80. The van der Waals surface area contributed by atoms with Gasteiger partial charge in [-0.25, -0.2) is 0 Å². The van der Waals surface area contributed by atoms with E-state index in [1.54, 1.807) is 0 Å². The minimum Gasteiger partial charge on any atom is -0.506 e. The summed E-state index contributed by atoms with van der Waals surface area (Å²) in [6.45, 7) is 4.36. The van der Waals surface area contributed by atoms with Gasteiger partial charge in [-0.05, 0) is 68.3 Å². The first kappa shape index (κ1) is 16.7. The summed E-state index contributed by atoms with van der Waals surface area (Å²) >= 11 is 7.00. The van der Waals surface area contributed by atoms with Gasteiger partial charge in [-0.1, -0.05) is 19.3 Å². The highest BCUT2D eigenvalue weighted by atomic mass is 79.9. The number of piperazine rings is 1. The van der Waals surface area contributed by atoms with Gasteiger partial charge in [0.1, 0.15) is 5.75 Å². The van der Waals surface area contributed by atoms with E-state index in [-0.39, 0.29) is 0 Å². The number of halogens is 2. The summed E-state index contributed by atoms with van der Waals surface area (Å²) in [5.41, 5.74) is 1.32. The van der Waals surface area contributed by atoms with Crippen molar-refractivity contribution in [1.29, 1.82) is 0 Å². The lowest BCUT2D eigenvalue weighted by Crippen LogP contribution is -2.47. The number of hydrogen-bond donors (Lipinski definition) is 2. The number of aromatic hydroxyl groups is 1. The molecule has 5 heteroatoms. The Kier molecular flexibility index (Phi) is 5.82. The summed E-state index contributed by atoms with van der Waals surface area (Å²) in [6.07, 6.45) is 6.74. The molecule has 1 aromatic rings. The molecule has 3 nitrogen and oxygen atoms in total. The van der Waals surface area contributed by atoms with Crippen molar-refractivity contribution in [3.63, 3.8) is 0 Å². The average molecular weight is 432 g/mol. The Morgan fingerprint density at radius 1 is 1.05 bits per heavy atom. The van der Waals surface area contributed by atoms with E-state index < -0.39 is 0 Å². The third-order valence-corrected chi connectivity index (χ3v) is 6.23. The van der Waals surface area contributed by atoms with E-state index in [4.69, 9.17) is 0 Å². The van der Waals surface area contributed by atoms with Crippen molar-refractivity contribution in [1.82, 2.24) is 10.2 Å². The van der Waals surface area contributed by atoms with E-state index in [1.807, 2.05) is 0 Å². The molecule has 3 rings (SSSR count). The molecule has 122 valence electrons. The molecule has 22 heavy (non-hydrogen) atoms. The van der Waals surface area contributed by atoms with Crippen molar-refractivity contribution >= 4 is 31.9 Å². The minimum absolute atomic E-state index is 0.298. The highest BCUT2D eigenvalue weighted by molar-refractivity contribution is 9.11. The molecule has 0 radical (unpaired) electrons. The molecule has 1 saturated carbocycles. The van der Waals surface area contributed by atoms with Crippen LogP contribution in [0.5, 0.6) is 5.75 Å². The third kappa shape index (κ3) is 3.69. The Bertz CT molecular complexity index is 470. The zero-order valence-electron chi connectivity index (χ0n) is 12.8. The lowest BCUT2D eigenvalue weighted by molar-refractivity contribution is 0.103. The first-order chi connectivity index (χ1) is 10.7. The molecule has 1 heterocycles. The Balaban J connectivity index is 1.92. The van der Waals surface area contributed by atoms with Crippen LogP contribution in [0.2, 0.25) is 0 Å². The summed E-state index contributed by atoms with van der Waals surface area (Å²) in [6, 6.07) is 4.69. The highest BCUT2D eigenvalue weighted by Crippen LogP contribution is 2.42. The topological polar surface area (TPSA) is 35.5 Å². The summed E-state index contributed by atoms with van der Waals surface area (Å²) < 4.78 is 1.57. The van der Waals surface area contributed by atoms with Crippen molar-refractivity contribution in [3.8, 4) is 5.75 Å². The van der Waals surface area contributed by atoms with Gasteiger partial charge in [-0.15, -0.1) is 0 Å². The molecule has 0 bridgehead atoms. The standard InChI is InChI=1S/C17H24Br2N2O/c18-14-10-13(11-15(19)17(14)22)16(12-4-2-1-3-5-12)21-8-6-20-7-9-21/h10-12,16,20,22H,1-9H2/t16-/m1/s1. The van der Waals surface area contributed by atoms with Crippen molar-refractivity contribution in [2.24, 2.45) is 5.92 Å². The molecule has 1 aliphatic heterocycles. The van der Waals surface area contributed by atoms with E-state index in [0.29, 0.717) is 11.8 Å². The Morgan fingerprint density at radius 3 is 2.23 bits per heavy atom. The number of phenols is 1. The number of phenolic OH excluding ortho intramolecular Hbond substituents is 1.